The van der Waals surface area contributed by atoms with E-state index in [1.807, 2.05) is 37.3 Å². The normalized spacial score (nSPS) is 8.60. The van der Waals surface area contributed by atoms with Gasteiger partial charge >= 0.3 is 0 Å². The van der Waals surface area contributed by atoms with Gasteiger partial charge in [0.15, 0.2) is 0 Å². The first kappa shape index (κ1) is 13.9. The summed E-state index contributed by atoms with van der Waals surface area (Å²) in [5.74, 6) is 0.737. The zero-order valence-electron chi connectivity index (χ0n) is 8.69. The van der Waals surface area contributed by atoms with E-state index in [1.165, 1.54) is 0 Å². The Labute approximate surface area is 104 Å². The number of nitrogens with zero attached hydrogens (tertiary/aromatic N) is 2. The van der Waals surface area contributed by atoms with Gasteiger partial charge in [-0.1, -0.05) is 0 Å². The van der Waals surface area contributed by atoms with E-state index in [0.29, 0.717) is 0 Å². The van der Waals surface area contributed by atoms with Crippen molar-refractivity contribution < 1.29 is 20.1 Å². The Balaban J connectivity index is 0.000000980. The van der Waals surface area contributed by atoms with E-state index in [0.717, 1.165) is 17.1 Å². The van der Waals surface area contributed by atoms with Gasteiger partial charge in [0.1, 0.15) is 0 Å². The standard InChI is InChI=1S/C11H9N2.CH3.Ir/c1-9-7-8-12-11(13-9)10-5-3-2-4-6-10;;/h2-5,7-8H,1H3;1H3;/q2*-1;. The summed E-state index contributed by atoms with van der Waals surface area (Å²) >= 11 is 0. The molecule has 2 nitrogen and oxygen atoms in total. The van der Waals surface area contributed by atoms with E-state index in [-0.39, 0.29) is 27.5 Å². The van der Waals surface area contributed by atoms with Gasteiger partial charge in [-0.2, -0.15) is 0 Å². The van der Waals surface area contributed by atoms with Crippen molar-refractivity contribution in [2.45, 2.75) is 6.92 Å². The minimum atomic E-state index is 0. The van der Waals surface area contributed by atoms with Crippen LogP contribution in [0.4, 0.5) is 0 Å². The van der Waals surface area contributed by atoms with Gasteiger partial charge in [-0.3, -0.25) is 9.97 Å². The second-order valence-electron chi connectivity index (χ2n) is 2.80. The van der Waals surface area contributed by atoms with Crippen molar-refractivity contribution in [2.75, 3.05) is 0 Å². The SMILES string of the molecule is Cc1ccnc(-c2[c-]cccc2)n1.[CH3-].[Ir]. The molecule has 1 heterocycles. The molecule has 2 aromatic rings. The number of aromatic nitrogens is 2. The van der Waals surface area contributed by atoms with Crippen molar-refractivity contribution in [3.63, 3.8) is 0 Å². The number of hydrogen-bond donors (Lipinski definition) is 0. The topological polar surface area (TPSA) is 25.8 Å². The van der Waals surface area contributed by atoms with Crippen LogP contribution in [-0.4, -0.2) is 9.97 Å². The fourth-order valence-electron chi connectivity index (χ4n) is 1.11. The molecule has 1 radical (unpaired) electrons. The third kappa shape index (κ3) is 3.54. The van der Waals surface area contributed by atoms with E-state index in [9.17, 15) is 0 Å². The summed E-state index contributed by atoms with van der Waals surface area (Å²) in [6, 6.07) is 12.7. The second-order valence-corrected chi connectivity index (χ2v) is 2.80. The Morgan fingerprint density at radius 3 is 2.60 bits per heavy atom. The molecule has 0 aliphatic carbocycles. The largest absolute Gasteiger partial charge is 0.358 e. The molecule has 0 unspecified atom stereocenters. The fraction of sp³-hybridized carbons (Fsp3) is 0.0833. The van der Waals surface area contributed by atoms with Crippen LogP contribution in [0.3, 0.4) is 0 Å². The van der Waals surface area contributed by atoms with Crippen LogP contribution >= 0.6 is 0 Å². The van der Waals surface area contributed by atoms with E-state index < -0.39 is 0 Å². The Bertz CT molecular complexity index is 401. The molecule has 0 atom stereocenters. The number of rotatable bonds is 1. The summed E-state index contributed by atoms with van der Waals surface area (Å²) < 4.78 is 0. The van der Waals surface area contributed by atoms with Gasteiger partial charge in [0.2, 0.25) is 0 Å². The zero-order chi connectivity index (χ0) is 9.10. The molecule has 1 aromatic carbocycles. The first-order chi connectivity index (χ1) is 6.36. The molecule has 0 aliphatic rings. The first-order valence-corrected chi connectivity index (χ1v) is 4.13. The molecule has 3 heteroatoms. The van der Waals surface area contributed by atoms with Gasteiger partial charge in [0.05, 0.1) is 5.82 Å². The molecule has 15 heavy (non-hydrogen) atoms. The van der Waals surface area contributed by atoms with E-state index >= 15 is 0 Å². The molecule has 0 aliphatic heterocycles. The van der Waals surface area contributed by atoms with Crippen LogP contribution in [0.5, 0.6) is 0 Å². The molecule has 0 amide bonds. The molecule has 0 N–H and O–H groups in total. The molecular formula is C12H12IrN2-2. The Morgan fingerprint density at radius 2 is 2.00 bits per heavy atom. The van der Waals surface area contributed by atoms with Crippen molar-refractivity contribution in [1.82, 2.24) is 9.97 Å². The molecule has 0 bridgehead atoms. The number of hydrogen-bond acceptors (Lipinski definition) is 2. The summed E-state index contributed by atoms with van der Waals surface area (Å²) in [5.41, 5.74) is 1.91. The van der Waals surface area contributed by atoms with Crippen LogP contribution in [0, 0.1) is 20.4 Å². The number of aryl methyl sites for hydroxylation is 1. The third-order valence-electron chi connectivity index (χ3n) is 1.74. The Hall–Kier alpha value is -1.05. The number of benzene rings is 1. The smallest absolute Gasteiger partial charge is 0.0751 e. The van der Waals surface area contributed by atoms with Crippen molar-refractivity contribution in [1.29, 1.82) is 0 Å². The molecule has 81 valence electrons. The van der Waals surface area contributed by atoms with Crippen molar-refractivity contribution in [3.8, 4) is 11.4 Å². The van der Waals surface area contributed by atoms with E-state index in [1.54, 1.807) is 6.20 Å². The van der Waals surface area contributed by atoms with Gasteiger partial charge in [-0.15, -0.1) is 35.9 Å². The monoisotopic (exact) mass is 377 g/mol. The van der Waals surface area contributed by atoms with E-state index in [2.05, 4.69) is 16.0 Å². The minimum Gasteiger partial charge on any atom is -0.358 e. The summed E-state index contributed by atoms with van der Waals surface area (Å²) in [5, 5.41) is 0. The van der Waals surface area contributed by atoms with Gasteiger partial charge in [0.25, 0.3) is 0 Å². The quantitative estimate of drug-likeness (QED) is 0.716. The summed E-state index contributed by atoms with van der Waals surface area (Å²) in [6.07, 6.45) is 1.76. The molecule has 0 saturated carbocycles. The van der Waals surface area contributed by atoms with Crippen LogP contribution in [0.25, 0.3) is 11.4 Å². The van der Waals surface area contributed by atoms with Crippen molar-refractivity contribution in [3.05, 3.63) is 55.7 Å². The molecule has 0 spiro atoms. The maximum Gasteiger partial charge on any atom is 0.0751 e. The fourth-order valence-corrected chi connectivity index (χ4v) is 1.11. The first-order valence-electron chi connectivity index (χ1n) is 4.13. The minimum absolute atomic E-state index is 0. The predicted octanol–water partition coefficient (Wildman–Crippen LogP) is 2.70. The second kappa shape index (κ2) is 6.44. The Morgan fingerprint density at radius 1 is 1.20 bits per heavy atom. The molecule has 1 aromatic heterocycles. The van der Waals surface area contributed by atoms with Crippen molar-refractivity contribution >= 4 is 0 Å². The third-order valence-corrected chi connectivity index (χ3v) is 1.74. The average Bonchev–Trinajstić information content (AvgIpc) is 2.19. The summed E-state index contributed by atoms with van der Waals surface area (Å²) in [4.78, 5) is 8.47. The molecule has 2 rings (SSSR count). The average molecular weight is 376 g/mol. The summed E-state index contributed by atoms with van der Waals surface area (Å²) in [7, 11) is 0. The molecular weight excluding hydrogens is 364 g/mol. The van der Waals surface area contributed by atoms with Crippen molar-refractivity contribution in [2.24, 2.45) is 0 Å². The molecule has 0 fully saturated rings. The van der Waals surface area contributed by atoms with E-state index in [4.69, 9.17) is 0 Å². The van der Waals surface area contributed by atoms with Crippen LogP contribution in [-0.2, 0) is 20.1 Å². The van der Waals surface area contributed by atoms with Crippen LogP contribution in [0.1, 0.15) is 5.69 Å². The van der Waals surface area contributed by atoms with Crippen LogP contribution in [0.2, 0.25) is 0 Å². The zero-order valence-corrected chi connectivity index (χ0v) is 11.1. The van der Waals surface area contributed by atoms with Crippen LogP contribution < -0.4 is 0 Å². The van der Waals surface area contributed by atoms with Crippen LogP contribution in [0.15, 0.2) is 36.5 Å². The van der Waals surface area contributed by atoms with Gasteiger partial charge < -0.3 is 7.43 Å². The van der Waals surface area contributed by atoms with Gasteiger partial charge in [-0.05, 0) is 13.0 Å². The predicted molar refractivity (Wildman–Crippen MR) is 57.5 cm³/mol. The maximum absolute atomic E-state index is 4.30. The maximum atomic E-state index is 4.30. The van der Waals surface area contributed by atoms with Gasteiger partial charge in [0, 0.05) is 32.0 Å². The Kier molecular flexibility index (Phi) is 5.99. The van der Waals surface area contributed by atoms with Gasteiger partial charge in [-0.25, -0.2) is 0 Å². The molecule has 0 saturated heterocycles. The summed E-state index contributed by atoms with van der Waals surface area (Å²) in [6.45, 7) is 1.95.